The van der Waals surface area contributed by atoms with E-state index in [1.807, 2.05) is 19.1 Å². The van der Waals surface area contributed by atoms with Crippen LogP contribution < -0.4 is 15.4 Å². The van der Waals surface area contributed by atoms with Gasteiger partial charge >= 0.3 is 0 Å². The molecule has 3 N–H and O–H groups in total. The largest absolute Gasteiger partial charge is 0.399 e. The van der Waals surface area contributed by atoms with Crippen molar-refractivity contribution in [2.75, 3.05) is 36.5 Å². The number of anilines is 2. The van der Waals surface area contributed by atoms with Gasteiger partial charge in [-0.3, -0.25) is 0 Å². The van der Waals surface area contributed by atoms with Crippen molar-refractivity contribution in [3.05, 3.63) is 23.8 Å². The predicted octanol–water partition coefficient (Wildman–Crippen LogP) is 1.21. The quantitative estimate of drug-likeness (QED) is 0.738. The summed E-state index contributed by atoms with van der Waals surface area (Å²) in [5.41, 5.74) is 8.88. The summed E-state index contributed by atoms with van der Waals surface area (Å²) in [5, 5.41) is 0. The Hall–Kier alpha value is -1.27. The molecule has 0 aliphatic rings. The maximum atomic E-state index is 11.0. The average molecular weight is 285 g/mol. The minimum absolute atomic E-state index is 0.401. The highest BCUT2D eigenvalue weighted by Gasteiger charge is 2.08. The molecule has 0 saturated carbocycles. The fourth-order valence-corrected chi connectivity index (χ4v) is 2.39. The number of likely N-dealkylation sites (N-methyl/N-ethyl adjacent to an activating group) is 1. The molecule has 0 amide bonds. The first kappa shape index (κ1) is 15.8. The van der Waals surface area contributed by atoms with Crippen LogP contribution in [0.1, 0.15) is 19.4 Å². The molecule has 0 bridgehead atoms. The molecule has 0 spiro atoms. The number of rotatable bonds is 7. The molecule has 0 aliphatic heterocycles. The first-order valence-corrected chi connectivity index (χ1v) is 8.34. The number of nitrogens with zero attached hydrogens (tertiary/aromatic N) is 1. The fraction of sp³-hybridized carbons (Fsp3) is 0.538. The highest BCUT2D eigenvalue weighted by molar-refractivity contribution is 7.88. The van der Waals surface area contributed by atoms with Crippen LogP contribution in [0.15, 0.2) is 18.2 Å². The predicted molar refractivity (Wildman–Crippen MR) is 81.0 cm³/mol. The zero-order valence-corrected chi connectivity index (χ0v) is 12.6. The third kappa shape index (κ3) is 5.08. The molecule has 6 heteroatoms. The van der Waals surface area contributed by atoms with Crippen LogP contribution in [0.5, 0.6) is 0 Å². The van der Waals surface area contributed by atoms with E-state index in [1.54, 1.807) is 0 Å². The van der Waals surface area contributed by atoms with Gasteiger partial charge < -0.3 is 10.6 Å². The van der Waals surface area contributed by atoms with Gasteiger partial charge in [-0.1, -0.05) is 6.92 Å². The van der Waals surface area contributed by atoms with E-state index in [0.717, 1.165) is 29.9 Å². The second-order valence-corrected chi connectivity index (χ2v) is 6.32. The van der Waals surface area contributed by atoms with Crippen molar-refractivity contribution in [1.29, 1.82) is 0 Å². The van der Waals surface area contributed by atoms with Crippen LogP contribution in [0, 0.1) is 0 Å². The van der Waals surface area contributed by atoms with Gasteiger partial charge in [0.05, 0.1) is 6.26 Å². The van der Waals surface area contributed by atoms with Gasteiger partial charge in [0.2, 0.25) is 10.0 Å². The lowest BCUT2D eigenvalue weighted by Gasteiger charge is -2.24. The van der Waals surface area contributed by atoms with Crippen LogP contribution in [0.4, 0.5) is 11.4 Å². The fourth-order valence-electron chi connectivity index (χ4n) is 1.93. The van der Waals surface area contributed by atoms with E-state index in [9.17, 15) is 8.42 Å². The van der Waals surface area contributed by atoms with E-state index in [0.29, 0.717) is 13.1 Å². The van der Waals surface area contributed by atoms with Crippen LogP contribution in [0.2, 0.25) is 0 Å². The van der Waals surface area contributed by atoms with E-state index in [1.165, 1.54) is 6.26 Å². The van der Waals surface area contributed by atoms with Gasteiger partial charge in [0.1, 0.15) is 0 Å². The van der Waals surface area contributed by atoms with Crippen molar-refractivity contribution >= 4 is 21.4 Å². The number of hydrogen-bond donors (Lipinski definition) is 2. The Morgan fingerprint density at radius 1 is 1.32 bits per heavy atom. The Kier molecular flexibility index (Phi) is 5.62. The standard InChI is InChI=1S/C13H23N3O2S/c1-4-11-10-12(6-7-13(11)14)16(5-2)9-8-15-19(3,17)18/h6-7,10,15H,4-5,8-9,14H2,1-3H3. The average Bonchev–Trinajstić information content (AvgIpc) is 2.34. The summed E-state index contributed by atoms with van der Waals surface area (Å²) in [6.45, 7) is 5.97. The van der Waals surface area contributed by atoms with Crippen LogP contribution in [-0.2, 0) is 16.4 Å². The monoisotopic (exact) mass is 285 g/mol. The topological polar surface area (TPSA) is 75.4 Å². The molecule has 0 aliphatic carbocycles. The third-order valence-electron chi connectivity index (χ3n) is 3.00. The lowest BCUT2D eigenvalue weighted by Crippen LogP contribution is -2.34. The first-order chi connectivity index (χ1) is 8.87. The molecule has 1 aromatic rings. The zero-order valence-electron chi connectivity index (χ0n) is 11.8. The number of nitrogen functional groups attached to an aromatic ring is 1. The Morgan fingerprint density at radius 3 is 2.53 bits per heavy atom. The van der Waals surface area contributed by atoms with Crippen molar-refractivity contribution < 1.29 is 8.42 Å². The number of sulfonamides is 1. The van der Waals surface area contributed by atoms with Gasteiger partial charge in [-0.2, -0.15) is 0 Å². The molecule has 0 atom stereocenters. The molecule has 0 aromatic heterocycles. The van der Waals surface area contributed by atoms with Crippen molar-refractivity contribution in [3.63, 3.8) is 0 Å². The summed E-state index contributed by atoms with van der Waals surface area (Å²) in [5.74, 6) is 0. The van der Waals surface area contributed by atoms with Gasteiger partial charge in [-0.15, -0.1) is 0 Å². The van der Waals surface area contributed by atoms with E-state index in [-0.39, 0.29) is 0 Å². The third-order valence-corrected chi connectivity index (χ3v) is 3.73. The number of hydrogen-bond acceptors (Lipinski definition) is 4. The molecule has 19 heavy (non-hydrogen) atoms. The van der Waals surface area contributed by atoms with Gasteiger partial charge in [-0.05, 0) is 37.1 Å². The van der Waals surface area contributed by atoms with Gasteiger partial charge in [0, 0.05) is 31.0 Å². The molecule has 0 radical (unpaired) electrons. The molecule has 0 fully saturated rings. The minimum atomic E-state index is -3.13. The Bertz CT molecular complexity index is 515. The summed E-state index contributed by atoms with van der Waals surface area (Å²) < 4.78 is 24.6. The Morgan fingerprint density at radius 2 is 2.00 bits per heavy atom. The summed E-state index contributed by atoms with van der Waals surface area (Å²) in [7, 11) is -3.13. The van der Waals surface area contributed by atoms with E-state index in [2.05, 4.69) is 22.6 Å². The normalized spacial score (nSPS) is 11.5. The van der Waals surface area contributed by atoms with Crippen LogP contribution in [0.25, 0.3) is 0 Å². The highest BCUT2D eigenvalue weighted by atomic mass is 32.2. The molecule has 0 unspecified atom stereocenters. The zero-order chi connectivity index (χ0) is 14.5. The van der Waals surface area contributed by atoms with Crippen molar-refractivity contribution in [2.24, 2.45) is 0 Å². The molecule has 0 heterocycles. The molecule has 5 nitrogen and oxygen atoms in total. The smallest absolute Gasteiger partial charge is 0.208 e. The van der Waals surface area contributed by atoms with Crippen molar-refractivity contribution in [2.45, 2.75) is 20.3 Å². The highest BCUT2D eigenvalue weighted by Crippen LogP contribution is 2.21. The van der Waals surface area contributed by atoms with Crippen LogP contribution in [-0.4, -0.2) is 34.3 Å². The summed E-state index contributed by atoms with van der Waals surface area (Å²) in [4.78, 5) is 2.12. The van der Waals surface area contributed by atoms with Gasteiger partial charge in [-0.25, -0.2) is 13.1 Å². The first-order valence-electron chi connectivity index (χ1n) is 6.45. The number of aryl methyl sites for hydroxylation is 1. The lowest BCUT2D eigenvalue weighted by atomic mass is 10.1. The van der Waals surface area contributed by atoms with Crippen molar-refractivity contribution in [1.82, 2.24) is 4.72 Å². The number of nitrogens with two attached hydrogens (primary N) is 1. The van der Waals surface area contributed by atoms with E-state index in [4.69, 9.17) is 5.73 Å². The van der Waals surface area contributed by atoms with Crippen molar-refractivity contribution in [3.8, 4) is 0 Å². The Labute approximate surface area is 115 Å². The molecular formula is C13H23N3O2S. The number of benzene rings is 1. The maximum absolute atomic E-state index is 11.0. The molecule has 0 saturated heterocycles. The second kappa shape index (κ2) is 6.77. The maximum Gasteiger partial charge on any atom is 0.208 e. The van der Waals surface area contributed by atoms with Crippen LogP contribution in [0.3, 0.4) is 0 Å². The SMILES string of the molecule is CCc1cc(N(CC)CCNS(C)(=O)=O)ccc1N. The molecular weight excluding hydrogens is 262 g/mol. The van der Waals surface area contributed by atoms with Crippen LogP contribution >= 0.6 is 0 Å². The number of nitrogens with one attached hydrogen (secondary N) is 1. The summed E-state index contributed by atoms with van der Waals surface area (Å²) >= 11 is 0. The van der Waals surface area contributed by atoms with E-state index >= 15 is 0 Å². The molecule has 1 rings (SSSR count). The van der Waals surface area contributed by atoms with E-state index < -0.39 is 10.0 Å². The molecule has 108 valence electrons. The summed E-state index contributed by atoms with van der Waals surface area (Å²) in [6.07, 6.45) is 2.06. The Balaban J connectivity index is 2.74. The van der Waals surface area contributed by atoms with Gasteiger partial charge in [0.15, 0.2) is 0 Å². The second-order valence-electron chi connectivity index (χ2n) is 4.48. The molecule has 1 aromatic carbocycles. The minimum Gasteiger partial charge on any atom is -0.399 e. The summed E-state index contributed by atoms with van der Waals surface area (Å²) in [6, 6.07) is 5.94. The lowest BCUT2D eigenvalue weighted by molar-refractivity contribution is 0.587. The van der Waals surface area contributed by atoms with Gasteiger partial charge in [0.25, 0.3) is 0 Å².